The number of carbonyl (C=O) groups excluding carboxylic acids is 1. The Kier molecular flexibility index (Phi) is 8.31. The predicted octanol–water partition coefficient (Wildman–Crippen LogP) is 3.69. The molecule has 12 nitrogen and oxygen atoms in total. The van der Waals surface area contributed by atoms with Gasteiger partial charge in [-0.2, -0.15) is 0 Å². The molecule has 3 aromatic rings. The van der Waals surface area contributed by atoms with Crippen molar-refractivity contribution < 1.29 is 24.3 Å². The summed E-state index contributed by atoms with van der Waals surface area (Å²) in [7, 11) is 3.68. The molecule has 1 atom stereocenters. The Balaban J connectivity index is 1.43. The number of carboxylic acid groups (broad SMARTS) is 1. The van der Waals surface area contributed by atoms with E-state index in [-0.39, 0.29) is 17.5 Å². The van der Waals surface area contributed by atoms with E-state index in [0.717, 1.165) is 37.4 Å². The summed E-state index contributed by atoms with van der Waals surface area (Å²) >= 11 is 0. The van der Waals surface area contributed by atoms with Gasteiger partial charge in [-0.3, -0.25) is 9.63 Å². The van der Waals surface area contributed by atoms with Crippen LogP contribution in [0.5, 0.6) is 5.75 Å². The third-order valence-electron chi connectivity index (χ3n) is 7.17. The number of methoxy groups -OCH3 is 1. The van der Waals surface area contributed by atoms with Gasteiger partial charge in [-0.15, -0.1) is 0 Å². The number of piperazine rings is 1. The Morgan fingerprint density at radius 1 is 1.12 bits per heavy atom. The van der Waals surface area contributed by atoms with Gasteiger partial charge in [0.1, 0.15) is 17.9 Å². The number of hydroxylamine groups is 1. The van der Waals surface area contributed by atoms with Gasteiger partial charge in [-0.05, 0) is 36.9 Å². The lowest BCUT2D eigenvalue weighted by molar-refractivity contribution is -0.111. The highest BCUT2D eigenvalue weighted by Gasteiger charge is 2.30. The SMILES string of the molecule is C=CC(=O)Nc1cc(Nc2cc(N3OCCC3c3cccc(C(=O)O)c3)ncn2)c(OC)cc1N1CCN(C)CC1. The number of carboxylic acids is 1. The molecule has 2 saturated heterocycles. The lowest BCUT2D eigenvalue weighted by Gasteiger charge is -2.35. The summed E-state index contributed by atoms with van der Waals surface area (Å²) < 4.78 is 5.73. The molecule has 214 valence electrons. The number of ether oxygens (including phenoxy) is 1. The number of anilines is 5. The third-order valence-corrected chi connectivity index (χ3v) is 7.17. The molecule has 0 spiro atoms. The summed E-state index contributed by atoms with van der Waals surface area (Å²) in [4.78, 5) is 43.0. The lowest BCUT2D eigenvalue weighted by atomic mass is 10.0. The van der Waals surface area contributed by atoms with E-state index in [1.165, 1.54) is 12.4 Å². The summed E-state index contributed by atoms with van der Waals surface area (Å²) in [6.45, 7) is 7.48. The zero-order valence-electron chi connectivity index (χ0n) is 23.0. The van der Waals surface area contributed by atoms with E-state index in [4.69, 9.17) is 9.57 Å². The number of aromatic carboxylic acids is 1. The molecule has 5 rings (SSSR count). The van der Waals surface area contributed by atoms with Crippen molar-refractivity contribution in [2.24, 2.45) is 0 Å². The number of nitrogens with zero attached hydrogens (tertiary/aromatic N) is 5. The molecule has 2 fully saturated rings. The minimum atomic E-state index is -0.984. The number of benzene rings is 2. The predicted molar refractivity (Wildman–Crippen MR) is 156 cm³/mol. The Morgan fingerprint density at radius 3 is 2.66 bits per heavy atom. The van der Waals surface area contributed by atoms with Crippen LogP contribution in [0.1, 0.15) is 28.4 Å². The van der Waals surface area contributed by atoms with E-state index >= 15 is 0 Å². The molecular weight excluding hydrogens is 526 g/mol. The summed E-state index contributed by atoms with van der Waals surface area (Å²) in [6, 6.07) is 12.1. The summed E-state index contributed by atoms with van der Waals surface area (Å²) in [6.07, 6.45) is 3.33. The van der Waals surface area contributed by atoms with Gasteiger partial charge in [0, 0.05) is 44.7 Å². The molecule has 2 aliphatic rings. The van der Waals surface area contributed by atoms with Crippen LogP contribution in [0.2, 0.25) is 0 Å². The molecule has 12 heteroatoms. The van der Waals surface area contributed by atoms with Gasteiger partial charge in [0.2, 0.25) is 5.91 Å². The highest BCUT2D eigenvalue weighted by molar-refractivity contribution is 6.02. The van der Waals surface area contributed by atoms with Crippen LogP contribution in [0, 0.1) is 0 Å². The fourth-order valence-electron chi connectivity index (χ4n) is 4.98. The lowest BCUT2D eigenvalue weighted by Crippen LogP contribution is -2.44. The van der Waals surface area contributed by atoms with Crippen LogP contribution >= 0.6 is 0 Å². The second kappa shape index (κ2) is 12.2. The van der Waals surface area contributed by atoms with Crippen molar-refractivity contribution in [1.82, 2.24) is 14.9 Å². The van der Waals surface area contributed by atoms with Crippen molar-refractivity contribution in [2.75, 3.05) is 67.5 Å². The second-order valence-corrected chi connectivity index (χ2v) is 9.83. The highest BCUT2D eigenvalue weighted by Crippen LogP contribution is 2.40. The quantitative estimate of drug-likeness (QED) is 0.332. The average Bonchev–Trinajstić information content (AvgIpc) is 3.48. The average molecular weight is 560 g/mol. The fourth-order valence-corrected chi connectivity index (χ4v) is 4.98. The molecular formula is C29H33N7O5. The topological polar surface area (TPSA) is 132 Å². The monoisotopic (exact) mass is 559 g/mol. The zero-order chi connectivity index (χ0) is 28.9. The largest absolute Gasteiger partial charge is 0.494 e. The first kappa shape index (κ1) is 27.9. The van der Waals surface area contributed by atoms with E-state index in [1.807, 2.05) is 18.2 Å². The van der Waals surface area contributed by atoms with E-state index < -0.39 is 5.97 Å². The van der Waals surface area contributed by atoms with Crippen LogP contribution in [0.15, 0.2) is 61.4 Å². The number of carbonyl (C=O) groups is 2. The van der Waals surface area contributed by atoms with Gasteiger partial charge in [0.05, 0.1) is 42.4 Å². The first-order valence-corrected chi connectivity index (χ1v) is 13.3. The molecule has 3 heterocycles. The summed E-state index contributed by atoms with van der Waals surface area (Å²) in [5.41, 5.74) is 3.11. The molecule has 0 bridgehead atoms. The molecule has 2 aliphatic heterocycles. The van der Waals surface area contributed by atoms with Crippen molar-refractivity contribution in [3.05, 3.63) is 72.6 Å². The normalized spacial score (nSPS) is 17.3. The van der Waals surface area contributed by atoms with Gasteiger partial charge >= 0.3 is 5.97 Å². The molecule has 1 unspecified atom stereocenters. The molecule has 3 N–H and O–H groups in total. The van der Waals surface area contributed by atoms with Gasteiger partial charge in [-0.1, -0.05) is 18.7 Å². The minimum absolute atomic E-state index is 0.213. The van der Waals surface area contributed by atoms with Crippen LogP contribution < -0.4 is 25.3 Å². The Bertz CT molecular complexity index is 1440. The van der Waals surface area contributed by atoms with Gasteiger partial charge in [0.25, 0.3) is 0 Å². The van der Waals surface area contributed by atoms with Crippen LogP contribution in [0.4, 0.5) is 28.7 Å². The first-order chi connectivity index (χ1) is 19.9. The Hall–Kier alpha value is -4.68. The second-order valence-electron chi connectivity index (χ2n) is 9.83. The molecule has 1 amide bonds. The van der Waals surface area contributed by atoms with E-state index in [9.17, 15) is 14.7 Å². The van der Waals surface area contributed by atoms with E-state index in [2.05, 4.69) is 44.0 Å². The van der Waals surface area contributed by atoms with Crippen LogP contribution in [-0.4, -0.2) is 78.8 Å². The molecule has 0 radical (unpaired) electrons. The highest BCUT2D eigenvalue weighted by atomic mass is 16.7. The third kappa shape index (κ3) is 6.23. The maximum absolute atomic E-state index is 12.3. The van der Waals surface area contributed by atoms with Crippen molar-refractivity contribution in [3.63, 3.8) is 0 Å². The maximum atomic E-state index is 12.3. The summed E-state index contributed by atoms with van der Waals surface area (Å²) in [5, 5.41) is 17.3. The maximum Gasteiger partial charge on any atom is 0.335 e. The Labute approximate surface area is 238 Å². The molecule has 0 aliphatic carbocycles. The standard InChI is InChI=1S/C29H33N7O5/c1-4-28(37)33-21-15-22(25(40-3)16-24(21)35-11-9-34(2)10-12-35)32-26-17-27(31-18-30-26)36-23(8-13-41-36)19-6-5-7-20(14-19)29(38)39/h4-7,14-18,23H,1,8-13H2,2-3H3,(H,33,37)(H,38,39)(H,30,31,32). The fraction of sp³-hybridized carbons (Fsp3) is 0.310. The van der Waals surface area contributed by atoms with Gasteiger partial charge in [0.15, 0.2) is 5.82 Å². The number of likely N-dealkylation sites (N-methyl/N-ethyl adjacent to an activating group) is 1. The number of hydrogen-bond donors (Lipinski definition) is 3. The number of hydrogen-bond acceptors (Lipinski definition) is 10. The minimum Gasteiger partial charge on any atom is -0.494 e. The van der Waals surface area contributed by atoms with Crippen LogP contribution in [0.25, 0.3) is 0 Å². The smallest absolute Gasteiger partial charge is 0.335 e. The van der Waals surface area contributed by atoms with Gasteiger partial charge < -0.3 is 30.3 Å². The number of aromatic nitrogens is 2. The van der Waals surface area contributed by atoms with Crippen LogP contribution in [-0.2, 0) is 9.63 Å². The van der Waals surface area contributed by atoms with E-state index in [1.54, 1.807) is 36.4 Å². The summed E-state index contributed by atoms with van der Waals surface area (Å²) in [5.74, 6) is 0.276. The molecule has 2 aromatic carbocycles. The van der Waals surface area contributed by atoms with Crippen molar-refractivity contribution in [1.29, 1.82) is 0 Å². The first-order valence-electron chi connectivity index (χ1n) is 13.3. The molecule has 0 saturated carbocycles. The Morgan fingerprint density at radius 2 is 1.93 bits per heavy atom. The van der Waals surface area contributed by atoms with Crippen molar-refractivity contribution in [3.8, 4) is 5.75 Å². The van der Waals surface area contributed by atoms with Gasteiger partial charge in [-0.25, -0.2) is 19.8 Å². The van der Waals surface area contributed by atoms with Crippen molar-refractivity contribution in [2.45, 2.75) is 12.5 Å². The van der Waals surface area contributed by atoms with Crippen LogP contribution in [0.3, 0.4) is 0 Å². The zero-order valence-corrected chi connectivity index (χ0v) is 23.0. The number of amides is 1. The van der Waals surface area contributed by atoms with Crippen molar-refractivity contribution >= 4 is 40.6 Å². The molecule has 1 aromatic heterocycles. The van der Waals surface area contributed by atoms with E-state index in [0.29, 0.717) is 41.8 Å². The number of nitrogens with one attached hydrogen (secondary N) is 2. The molecule has 41 heavy (non-hydrogen) atoms. The number of rotatable bonds is 9.